The van der Waals surface area contributed by atoms with Gasteiger partial charge in [-0.25, -0.2) is 4.98 Å². The predicted molar refractivity (Wildman–Crippen MR) is 118 cm³/mol. The van der Waals surface area contributed by atoms with E-state index >= 15 is 0 Å². The smallest absolute Gasteiger partial charge is 0.312 e. The van der Waals surface area contributed by atoms with Crippen LogP contribution in [0.5, 0.6) is 5.88 Å². The van der Waals surface area contributed by atoms with Crippen molar-refractivity contribution in [3.05, 3.63) is 16.3 Å². The van der Waals surface area contributed by atoms with Crippen LogP contribution < -0.4 is 4.74 Å². The predicted octanol–water partition coefficient (Wildman–Crippen LogP) is 1.06. The average Bonchev–Trinajstić information content (AvgIpc) is 3.46. The van der Waals surface area contributed by atoms with Gasteiger partial charge in [-0.1, -0.05) is 0 Å². The number of thiophene rings is 1. The van der Waals surface area contributed by atoms with Crippen molar-refractivity contribution in [2.45, 2.75) is 26.4 Å². The van der Waals surface area contributed by atoms with Gasteiger partial charge in [-0.05, 0) is 25.3 Å². The highest BCUT2D eigenvalue weighted by molar-refractivity contribution is 7.20. The maximum atomic E-state index is 13.3. The molecule has 2 aromatic rings. The number of fused-ring (bicyclic) bond motifs is 1. The summed E-state index contributed by atoms with van der Waals surface area (Å²) in [6, 6.07) is 0. The molecule has 2 aliphatic rings. The minimum absolute atomic E-state index is 0.112. The Morgan fingerprint density at radius 1 is 0.906 bits per heavy atom. The molecule has 0 bridgehead atoms. The fourth-order valence-corrected chi connectivity index (χ4v) is 5.29. The molecule has 0 unspecified atom stereocenters. The Labute approximate surface area is 190 Å². The zero-order valence-electron chi connectivity index (χ0n) is 18.5. The standard InChI is InChI=1S/C21H27N5O5S/c1-13-15-17(31-3)22-14(12-30-2)23-18(15)32-16(13)19(27)25-8-10-26(11-9-25)21(29)20(28)24-6-4-5-7-24/h4-12H2,1-3H3. The number of hydrogen-bond acceptors (Lipinski definition) is 8. The molecule has 172 valence electrons. The summed E-state index contributed by atoms with van der Waals surface area (Å²) in [7, 11) is 3.11. The van der Waals surface area contributed by atoms with Crippen molar-refractivity contribution in [3.8, 4) is 5.88 Å². The van der Waals surface area contributed by atoms with Gasteiger partial charge in [0.15, 0.2) is 5.82 Å². The van der Waals surface area contributed by atoms with Crippen molar-refractivity contribution < 1.29 is 23.9 Å². The fourth-order valence-electron chi connectivity index (χ4n) is 4.14. The summed E-state index contributed by atoms with van der Waals surface area (Å²) in [6.07, 6.45) is 1.88. The Bertz CT molecular complexity index is 1040. The largest absolute Gasteiger partial charge is 0.480 e. The van der Waals surface area contributed by atoms with Crippen LogP contribution in [0.1, 0.15) is 33.9 Å². The molecule has 32 heavy (non-hydrogen) atoms. The summed E-state index contributed by atoms with van der Waals surface area (Å²) in [5.41, 5.74) is 0.776. The highest BCUT2D eigenvalue weighted by Crippen LogP contribution is 2.35. The number of amides is 3. The van der Waals surface area contributed by atoms with E-state index in [0.717, 1.165) is 23.8 Å². The number of aryl methyl sites for hydroxylation is 1. The van der Waals surface area contributed by atoms with Crippen LogP contribution in [0.2, 0.25) is 0 Å². The van der Waals surface area contributed by atoms with Crippen LogP contribution in [-0.2, 0) is 20.9 Å². The van der Waals surface area contributed by atoms with Gasteiger partial charge in [-0.15, -0.1) is 11.3 Å². The molecule has 0 atom stereocenters. The Hall–Kier alpha value is -2.79. The summed E-state index contributed by atoms with van der Waals surface area (Å²) in [5, 5.41) is 0.728. The molecular weight excluding hydrogens is 434 g/mol. The zero-order valence-corrected chi connectivity index (χ0v) is 19.4. The summed E-state index contributed by atoms with van der Waals surface area (Å²) in [6.45, 7) is 4.84. The molecule has 2 aromatic heterocycles. The Morgan fingerprint density at radius 3 is 2.09 bits per heavy atom. The first-order valence-electron chi connectivity index (χ1n) is 10.6. The van der Waals surface area contributed by atoms with Crippen molar-refractivity contribution in [1.82, 2.24) is 24.7 Å². The number of likely N-dealkylation sites (tertiary alicyclic amines) is 1. The van der Waals surface area contributed by atoms with E-state index in [1.165, 1.54) is 18.4 Å². The average molecular weight is 462 g/mol. The van der Waals surface area contributed by atoms with Gasteiger partial charge >= 0.3 is 11.8 Å². The molecule has 3 amide bonds. The van der Waals surface area contributed by atoms with Gasteiger partial charge in [-0.3, -0.25) is 14.4 Å². The van der Waals surface area contributed by atoms with Crippen molar-refractivity contribution in [2.75, 3.05) is 53.5 Å². The lowest BCUT2D eigenvalue weighted by molar-refractivity contribution is -0.152. The number of methoxy groups -OCH3 is 2. The highest BCUT2D eigenvalue weighted by Gasteiger charge is 2.33. The molecule has 4 heterocycles. The number of rotatable bonds is 4. The molecule has 4 rings (SSSR count). The summed E-state index contributed by atoms with van der Waals surface area (Å²) in [4.78, 5) is 53.2. The third kappa shape index (κ3) is 4.14. The highest BCUT2D eigenvalue weighted by atomic mass is 32.1. The first kappa shape index (κ1) is 22.4. The molecule has 10 nitrogen and oxygen atoms in total. The van der Waals surface area contributed by atoms with Crippen molar-refractivity contribution in [1.29, 1.82) is 0 Å². The quantitative estimate of drug-likeness (QED) is 0.627. The number of hydrogen-bond donors (Lipinski definition) is 0. The topological polar surface area (TPSA) is 105 Å². The van der Waals surface area contributed by atoms with E-state index in [-0.39, 0.29) is 12.5 Å². The van der Waals surface area contributed by atoms with Gasteiger partial charge in [0.2, 0.25) is 5.88 Å². The van der Waals surface area contributed by atoms with Gasteiger partial charge in [-0.2, -0.15) is 4.98 Å². The lowest BCUT2D eigenvalue weighted by atomic mass is 10.2. The molecule has 0 aromatic carbocycles. The first-order valence-corrected chi connectivity index (χ1v) is 11.5. The van der Waals surface area contributed by atoms with Crippen LogP contribution in [0.4, 0.5) is 0 Å². The van der Waals surface area contributed by atoms with E-state index in [4.69, 9.17) is 9.47 Å². The Morgan fingerprint density at radius 2 is 1.50 bits per heavy atom. The molecule has 0 N–H and O–H groups in total. The number of nitrogens with zero attached hydrogens (tertiary/aromatic N) is 5. The van der Waals surface area contributed by atoms with Crippen LogP contribution >= 0.6 is 11.3 Å². The molecule has 0 spiro atoms. The van der Waals surface area contributed by atoms with Crippen molar-refractivity contribution >= 4 is 39.3 Å². The summed E-state index contributed by atoms with van der Waals surface area (Å²) >= 11 is 1.30. The van der Waals surface area contributed by atoms with E-state index in [9.17, 15) is 14.4 Å². The summed E-state index contributed by atoms with van der Waals surface area (Å²) in [5.74, 6) is -0.0979. The number of ether oxygens (including phenoxy) is 2. The number of aromatic nitrogens is 2. The number of carbonyl (C=O) groups excluding carboxylic acids is 3. The van der Waals surface area contributed by atoms with Crippen LogP contribution in [0, 0.1) is 6.92 Å². The molecule has 2 fully saturated rings. The van der Waals surface area contributed by atoms with E-state index in [1.54, 1.807) is 21.8 Å². The minimum Gasteiger partial charge on any atom is -0.480 e. The molecule has 2 aliphatic heterocycles. The second-order valence-corrected chi connectivity index (χ2v) is 8.90. The molecule has 0 aliphatic carbocycles. The van der Waals surface area contributed by atoms with Gasteiger partial charge in [0.25, 0.3) is 5.91 Å². The fraction of sp³-hybridized carbons (Fsp3) is 0.571. The lowest BCUT2D eigenvalue weighted by Gasteiger charge is -2.34. The lowest BCUT2D eigenvalue weighted by Crippen LogP contribution is -2.54. The third-order valence-corrected chi connectivity index (χ3v) is 7.07. The Balaban J connectivity index is 1.47. The molecule has 0 radical (unpaired) electrons. The van der Waals surface area contributed by atoms with E-state index in [0.29, 0.717) is 60.7 Å². The normalized spacial score (nSPS) is 16.7. The molecule has 2 saturated heterocycles. The number of carbonyl (C=O) groups is 3. The number of piperazine rings is 1. The van der Waals surface area contributed by atoms with Gasteiger partial charge in [0.05, 0.1) is 17.4 Å². The van der Waals surface area contributed by atoms with Gasteiger partial charge in [0, 0.05) is 46.4 Å². The second-order valence-electron chi connectivity index (χ2n) is 7.90. The molecule has 11 heteroatoms. The minimum atomic E-state index is -0.470. The zero-order chi connectivity index (χ0) is 22.8. The van der Waals surface area contributed by atoms with Crippen LogP contribution in [-0.4, -0.2) is 95.9 Å². The Kier molecular flexibility index (Phi) is 6.56. The van der Waals surface area contributed by atoms with E-state index in [2.05, 4.69) is 9.97 Å². The van der Waals surface area contributed by atoms with Crippen LogP contribution in [0.15, 0.2) is 0 Å². The van der Waals surface area contributed by atoms with E-state index < -0.39 is 11.8 Å². The second kappa shape index (κ2) is 9.37. The SMILES string of the molecule is COCc1nc(OC)c2c(C)c(C(=O)N3CCN(C(=O)C(=O)N4CCCC4)CC3)sc2n1. The first-order chi connectivity index (χ1) is 15.4. The molecular formula is C21H27N5O5S. The van der Waals surface area contributed by atoms with E-state index in [1.807, 2.05) is 6.92 Å². The van der Waals surface area contributed by atoms with Crippen molar-refractivity contribution in [3.63, 3.8) is 0 Å². The monoisotopic (exact) mass is 461 g/mol. The van der Waals surface area contributed by atoms with Crippen molar-refractivity contribution in [2.24, 2.45) is 0 Å². The third-order valence-electron chi connectivity index (χ3n) is 5.89. The van der Waals surface area contributed by atoms with Crippen LogP contribution in [0.25, 0.3) is 10.2 Å². The van der Waals surface area contributed by atoms with Crippen LogP contribution in [0.3, 0.4) is 0 Å². The maximum Gasteiger partial charge on any atom is 0.312 e. The summed E-state index contributed by atoms with van der Waals surface area (Å²) < 4.78 is 10.6. The van der Waals surface area contributed by atoms with Gasteiger partial charge < -0.3 is 24.2 Å². The molecule has 0 saturated carbocycles. The van der Waals surface area contributed by atoms with Gasteiger partial charge in [0.1, 0.15) is 11.4 Å². The maximum absolute atomic E-state index is 13.3.